The number of pyridine rings is 1. The van der Waals surface area contributed by atoms with E-state index in [2.05, 4.69) is 4.98 Å². The van der Waals surface area contributed by atoms with E-state index < -0.39 is 5.97 Å². The second kappa shape index (κ2) is 5.85. The molecule has 0 aliphatic rings. The molecule has 1 aromatic heterocycles. The van der Waals surface area contributed by atoms with Gasteiger partial charge in [0.2, 0.25) is 0 Å². The maximum atomic E-state index is 10.4. The zero-order chi connectivity index (χ0) is 8.43. The highest BCUT2D eigenvalue weighted by atomic mass is 35.5. The molecule has 7 heteroatoms. The number of aromatic nitrogens is 1. The Labute approximate surface area is 91.9 Å². The van der Waals surface area contributed by atoms with Gasteiger partial charge in [-0.05, 0) is 12.1 Å². The number of nitrogen functional groups attached to an aromatic ring is 1. The number of rotatable bonds is 1. The van der Waals surface area contributed by atoms with Gasteiger partial charge in [0, 0.05) is 0 Å². The minimum Gasteiger partial charge on any atom is -0.476 e. The zero-order valence-electron chi connectivity index (χ0n) is 6.23. The summed E-state index contributed by atoms with van der Waals surface area (Å²) in [4.78, 5) is 13.9. The molecule has 1 rings (SSSR count). The summed E-state index contributed by atoms with van der Waals surface area (Å²) in [7, 11) is 0. The fourth-order valence-corrected chi connectivity index (χ4v) is 0.765. The quantitative estimate of drug-likeness (QED) is 0.741. The first-order valence-corrected chi connectivity index (χ1v) is 3.14. The number of carbonyl (C=O) groups is 1. The highest BCUT2D eigenvalue weighted by Gasteiger charge is 2.08. The standard InChI is InChI=1S/C6H5ClN2O2.2ClH/c7-4-2-1-3(8)5(9-4)6(10)11;;/h1-2H,8H2,(H,10,11);2*1H. The Balaban J connectivity index is 0. The van der Waals surface area contributed by atoms with Gasteiger partial charge in [-0.25, -0.2) is 9.78 Å². The first kappa shape index (κ1) is 14.8. The first-order chi connectivity index (χ1) is 5.11. The Morgan fingerprint density at radius 1 is 1.46 bits per heavy atom. The molecule has 1 aromatic rings. The van der Waals surface area contributed by atoms with Crippen LogP contribution in [0.3, 0.4) is 0 Å². The van der Waals surface area contributed by atoms with E-state index in [4.69, 9.17) is 22.4 Å². The van der Waals surface area contributed by atoms with E-state index in [-0.39, 0.29) is 41.3 Å². The SMILES string of the molecule is Cl.Cl.Nc1ccc(Cl)nc1C(=O)O. The van der Waals surface area contributed by atoms with Crippen molar-refractivity contribution in [3.8, 4) is 0 Å². The Morgan fingerprint density at radius 2 is 2.00 bits per heavy atom. The average Bonchev–Trinajstić information content (AvgIpc) is 1.94. The van der Waals surface area contributed by atoms with Crippen molar-refractivity contribution in [3.63, 3.8) is 0 Å². The number of nitrogens with two attached hydrogens (primary N) is 1. The molecule has 0 radical (unpaired) electrons. The van der Waals surface area contributed by atoms with E-state index in [9.17, 15) is 4.79 Å². The molecule has 74 valence electrons. The van der Waals surface area contributed by atoms with E-state index in [0.717, 1.165) is 0 Å². The fraction of sp³-hybridized carbons (Fsp3) is 0. The third-order valence-electron chi connectivity index (χ3n) is 1.10. The van der Waals surface area contributed by atoms with E-state index in [1.807, 2.05) is 0 Å². The van der Waals surface area contributed by atoms with E-state index in [1.54, 1.807) is 0 Å². The maximum absolute atomic E-state index is 10.4. The summed E-state index contributed by atoms with van der Waals surface area (Å²) >= 11 is 5.43. The molecule has 0 bridgehead atoms. The lowest BCUT2D eigenvalue weighted by atomic mass is 10.3. The molecule has 4 nitrogen and oxygen atoms in total. The van der Waals surface area contributed by atoms with Crippen LogP contribution in [0.1, 0.15) is 10.5 Å². The van der Waals surface area contributed by atoms with E-state index >= 15 is 0 Å². The van der Waals surface area contributed by atoms with Gasteiger partial charge in [-0.15, -0.1) is 24.8 Å². The van der Waals surface area contributed by atoms with Gasteiger partial charge in [-0.1, -0.05) is 11.6 Å². The van der Waals surface area contributed by atoms with Crippen LogP contribution in [0.4, 0.5) is 5.69 Å². The summed E-state index contributed by atoms with van der Waals surface area (Å²) in [5.74, 6) is -1.18. The summed E-state index contributed by atoms with van der Waals surface area (Å²) in [5, 5.41) is 8.61. The van der Waals surface area contributed by atoms with Crippen LogP contribution >= 0.6 is 36.4 Å². The minimum absolute atomic E-state index is 0. The van der Waals surface area contributed by atoms with Gasteiger partial charge in [-0.2, -0.15) is 0 Å². The Hall–Kier alpha value is -0.710. The summed E-state index contributed by atoms with van der Waals surface area (Å²) in [6.45, 7) is 0. The van der Waals surface area contributed by atoms with Crippen LogP contribution in [0, 0.1) is 0 Å². The lowest BCUT2D eigenvalue weighted by molar-refractivity contribution is 0.0692. The second-order valence-electron chi connectivity index (χ2n) is 1.88. The molecule has 0 atom stereocenters. The predicted molar refractivity (Wildman–Crippen MR) is 55.1 cm³/mol. The van der Waals surface area contributed by atoms with Crippen LogP contribution in [-0.2, 0) is 0 Å². The first-order valence-electron chi connectivity index (χ1n) is 2.76. The molecule has 0 aliphatic heterocycles. The van der Waals surface area contributed by atoms with Gasteiger partial charge in [0.1, 0.15) is 5.15 Å². The largest absolute Gasteiger partial charge is 0.476 e. The molecule has 1 heterocycles. The summed E-state index contributed by atoms with van der Waals surface area (Å²) in [5.41, 5.74) is 5.19. The molecular formula is C6H7Cl3N2O2. The van der Waals surface area contributed by atoms with Crippen LogP contribution in [0.5, 0.6) is 0 Å². The summed E-state index contributed by atoms with van der Waals surface area (Å²) < 4.78 is 0. The molecule has 0 saturated heterocycles. The van der Waals surface area contributed by atoms with Crippen molar-refractivity contribution in [1.29, 1.82) is 0 Å². The molecule has 0 saturated carbocycles. The second-order valence-corrected chi connectivity index (χ2v) is 2.26. The number of hydrogen-bond acceptors (Lipinski definition) is 3. The van der Waals surface area contributed by atoms with Crippen molar-refractivity contribution in [2.45, 2.75) is 0 Å². The van der Waals surface area contributed by atoms with Crippen LogP contribution in [-0.4, -0.2) is 16.1 Å². The Morgan fingerprint density at radius 3 is 2.38 bits per heavy atom. The third kappa shape index (κ3) is 3.67. The number of aromatic carboxylic acids is 1. The lowest BCUT2D eigenvalue weighted by Gasteiger charge is -1.97. The molecule has 0 aromatic carbocycles. The van der Waals surface area contributed by atoms with Crippen molar-refractivity contribution in [3.05, 3.63) is 23.0 Å². The summed E-state index contributed by atoms with van der Waals surface area (Å²) in [6, 6.07) is 2.84. The normalized spacial score (nSPS) is 8.08. The maximum Gasteiger partial charge on any atom is 0.356 e. The van der Waals surface area contributed by atoms with Crippen LogP contribution in [0.2, 0.25) is 5.15 Å². The van der Waals surface area contributed by atoms with E-state index in [1.165, 1.54) is 12.1 Å². The van der Waals surface area contributed by atoms with Crippen LogP contribution < -0.4 is 5.73 Å². The zero-order valence-corrected chi connectivity index (χ0v) is 8.62. The number of anilines is 1. The minimum atomic E-state index is -1.18. The van der Waals surface area contributed by atoms with Gasteiger partial charge in [-0.3, -0.25) is 0 Å². The number of hydrogen-bond donors (Lipinski definition) is 2. The van der Waals surface area contributed by atoms with Gasteiger partial charge < -0.3 is 10.8 Å². The predicted octanol–water partition coefficient (Wildman–Crippen LogP) is 1.86. The molecule has 0 unspecified atom stereocenters. The van der Waals surface area contributed by atoms with Crippen LogP contribution in [0.15, 0.2) is 12.1 Å². The number of halogens is 3. The molecule has 0 spiro atoms. The van der Waals surface area contributed by atoms with Crippen molar-refractivity contribution in [1.82, 2.24) is 4.98 Å². The molecule has 13 heavy (non-hydrogen) atoms. The van der Waals surface area contributed by atoms with Gasteiger partial charge >= 0.3 is 5.97 Å². The fourth-order valence-electron chi connectivity index (χ4n) is 0.617. The van der Waals surface area contributed by atoms with Crippen LogP contribution in [0.25, 0.3) is 0 Å². The number of carboxylic acids is 1. The highest BCUT2D eigenvalue weighted by molar-refractivity contribution is 6.29. The Kier molecular flexibility index (Phi) is 6.66. The smallest absolute Gasteiger partial charge is 0.356 e. The monoisotopic (exact) mass is 244 g/mol. The van der Waals surface area contributed by atoms with Gasteiger partial charge in [0.15, 0.2) is 5.69 Å². The van der Waals surface area contributed by atoms with Crippen molar-refractivity contribution >= 4 is 48.1 Å². The average molecular weight is 245 g/mol. The van der Waals surface area contributed by atoms with E-state index in [0.29, 0.717) is 0 Å². The number of nitrogens with zero attached hydrogens (tertiary/aromatic N) is 1. The third-order valence-corrected chi connectivity index (χ3v) is 1.31. The van der Waals surface area contributed by atoms with Crippen molar-refractivity contribution < 1.29 is 9.90 Å². The molecular weight excluding hydrogens is 238 g/mol. The highest BCUT2D eigenvalue weighted by Crippen LogP contribution is 2.12. The lowest BCUT2D eigenvalue weighted by Crippen LogP contribution is -2.04. The van der Waals surface area contributed by atoms with Gasteiger partial charge in [0.05, 0.1) is 5.69 Å². The summed E-state index contributed by atoms with van der Waals surface area (Å²) in [6.07, 6.45) is 0. The molecule has 0 aliphatic carbocycles. The molecule has 0 fully saturated rings. The van der Waals surface area contributed by atoms with Crippen molar-refractivity contribution in [2.24, 2.45) is 0 Å². The Bertz CT molecular complexity index is 306. The van der Waals surface area contributed by atoms with Gasteiger partial charge in [0.25, 0.3) is 0 Å². The molecule has 0 amide bonds. The number of carboxylic acid groups (broad SMARTS) is 1. The topological polar surface area (TPSA) is 76.2 Å². The molecule has 3 N–H and O–H groups in total. The van der Waals surface area contributed by atoms with Crippen molar-refractivity contribution in [2.75, 3.05) is 5.73 Å².